The second-order valence-corrected chi connectivity index (χ2v) is 7.96. The first kappa shape index (κ1) is 24.7. The first-order valence-corrected chi connectivity index (χ1v) is 10.1. The Labute approximate surface area is 180 Å². The van der Waals surface area contributed by atoms with Crippen LogP contribution < -0.4 is 10.0 Å². The van der Waals surface area contributed by atoms with Gasteiger partial charge in [-0.3, -0.25) is 9.52 Å². The number of alkyl halides is 3. The molecule has 9 nitrogen and oxygen atoms in total. The minimum absolute atomic E-state index is 0.201. The highest BCUT2D eigenvalue weighted by Gasteiger charge is 2.35. The maximum absolute atomic E-state index is 13.5. The Morgan fingerprint density at radius 1 is 0.906 bits per heavy atom. The summed E-state index contributed by atoms with van der Waals surface area (Å²) in [5, 5.41) is 2.17. The molecule has 13 heteroatoms. The van der Waals surface area contributed by atoms with Crippen LogP contribution >= 0.6 is 0 Å². The van der Waals surface area contributed by atoms with Gasteiger partial charge in [0.2, 0.25) is 5.91 Å². The third-order valence-electron chi connectivity index (χ3n) is 3.95. The number of rotatable bonds is 6. The number of carbonyl (C=O) groups excluding carboxylic acids is 3. The van der Waals surface area contributed by atoms with Crippen LogP contribution in [0.15, 0.2) is 41.3 Å². The van der Waals surface area contributed by atoms with Gasteiger partial charge >= 0.3 is 18.1 Å². The Hall–Kier alpha value is -3.61. The van der Waals surface area contributed by atoms with Crippen LogP contribution in [0, 0.1) is 0 Å². The molecular formula is C19H17F3N2O7S. The smallest absolute Gasteiger partial charge is 0.418 e. The van der Waals surface area contributed by atoms with Gasteiger partial charge < -0.3 is 14.8 Å². The second-order valence-electron chi connectivity index (χ2n) is 6.27. The SMILES string of the molecule is COC(=O)c1cc(C(=O)OC)cc(S(=O)(=O)Nc2ccc(NC(C)=O)cc2C(F)(F)F)c1. The van der Waals surface area contributed by atoms with Crippen molar-refractivity contribution in [2.45, 2.75) is 18.0 Å². The molecule has 0 radical (unpaired) electrons. The van der Waals surface area contributed by atoms with Gasteiger partial charge in [-0.2, -0.15) is 13.2 Å². The van der Waals surface area contributed by atoms with Crippen molar-refractivity contribution in [2.75, 3.05) is 24.3 Å². The lowest BCUT2D eigenvalue weighted by molar-refractivity contribution is -0.136. The normalized spacial score (nSPS) is 11.4. The highest BCUT2D eigenvalue weighted by Crippen LogP contribution is 2.37. The van der Waals surface area contributed by atoms with Gasteiger partial charge in [0.1, 0.15) is 0 Å². The third kappa shape index (κ3) is 5.75. The number of anilines is 2. The van der Waals surface area contributed by atoms with Crippen LogP contribution in [0.5, 0.6) is 0 Å². The summed E-state index contributed by atoms with van der Waals surface area (Å²) in [6.07, 6.45) is -4.97. The van der Waals surface area contributed by atoms with Crippen LogP contribution in [-0.2, 0) is 30.5 Å². The highest BCUT2D eigenvalue weighted by atomic mass is 32.2. The van der Waals surface area contributed by atoms with Crippen molar-refractivity contribution in [3.05, 3.63) is 53.1 Å². The molecule has 0 aliphatic heterocycles. The van der Waals surface area contributed by atoms with E-state index in [9.17, 15) is 36.0 Å². The number of amides is 1. The summed E-state index contributed by atoms with van der Waals surface area (Å²) in [6.45, 7) is 1.09. The highest BCUT2D eigenvalue weighted by molar-refractivity contribution is 7.92. The van der Waals surface area contributed by atoms with Crippen molar-refractivity contribution in [1.29, 1.82) is 0 Å². The number of ether oxygens (including phenoxy) is 2. The summed E-state index contributed by atoms with van der Waals surface area (Å²) < 4.78 is 77.0. The first-order chi connectivity index (χ1) is 14.8. The Balaban J connectivity index is 2.59. The average molecular weight is 474 g/mol. The molecule has 2 rings (SSSR count). The zero-order chi connectivity index (χ0) is 24.3. The first-order valence-electron chi connectivity index (χ1n) is 8.62. The van der Waals surface area contributed by atoms with E-state index in [1.165, 1.54) is 0 Å². The number of carbonyl (C=O) groups is 3. The lowest BCUT2D eigenvalue weighted by Crippen LogP contribution is -2.19. The summed E-state index contributed by atoms with van der Waals surface area (Å²) in [7, 11) is -2.67. The fourth-order valence-corrected chi connectivity index (χ4v) is 3.73. The van der Waals surface area contributed by atoms with Gasteiger partial charge in [0.25, 0.3) is 10.0 Å². The maximum atomic E-state index is 13.5. The molecule has 0 aliphatic rings. The van der Waals surface area contributed by atoms with Crippen LogP contribution in [0.2, 0.25) is 0 Å². The number of hydrogen-bond donors (Lipinski definition) is 2. The quantitative estimate of drug-likeness (QED) is 0.616. The summed E-state index contributed by atoms with van der Waals surface area (Å²) in [5.74, 6) is -2.59. The summed E-state index contributed by atoms with van der Waals surface area (Å²) in [5.41, 5.74) is -3.09. The summed E-state index contributed by atoms with van der Waals surface area (Å²) in [6, 6.07) is 5.12. The standard InChI is InChI=1S/C19H17F3N2O7S/c1-10(25)23-13-4-5-16(15(9-13)19(20,21)22)24-32(28,29)14-7-11(17(26)30-2)6-12(8-14)18(27)31-3/h4-9,24H,1-3H3,(H,23,25). The van der Waals surface area contributed by atoms with Crippen LogP contribution in [0.25, 0.3) is 0 Å². The van der Waals surface area contributed by atoms with E-state index in [0.29, 0.717) is 6.07 Å². The monoisotopic (exact) mass is 474 g/mol. The van der Waals surface area contributed by atoms with Gasteiger partial charge in [0, 0.05) is 12.6 Å². The van der Waals surface area contributed by atoms with E-state index >= 15 is 0 Å². The number of halogens is 3. The van der Waals surface area contributed by atoms with Crippen molar-refractivity contribution in [3.8, 4) is 0 Å². The zero-order valence-electron chi connectivity index (χ0n) is 16.9. The molecule has 0 heterocycles. The van der Waals surface area contributed by atoms with E-state index in [-0.39, 0.29) is 16.8 Å². The predicted molar refractivity (Wildman–Crippen MR) is 106 cm³/mol. The van der Waals surface area contributed by atoms with E-state index in [0.717, 1.165) is 51.5 Å². The molecule has 0 saturated carbocycles. The van der Waals surface area contributed by atoms with Gasteiger partial charge in [0.05, 0.1) is 41.5 Å². The molecule has 0 unspecified atom stereocenters. The predicted octanol–water partition coefficient (Wildman–Crippen LogP) is 3.04. The second kappa shape index (κ2) is 9.26. The Morgan fingerprint density at radius 2 is 1.44 bits per heavy atom. The average Bonchev–Trinajstić information content (AvgIpc) is 2.71. The van der Waals surface area contributed by atoms with Gasteiger partial charge in [-0.25, -0.2) is 18.0 Å². The molecule has 0 fully saturated rings. The topological polar surface area (TPSA) is 128 Å². The molecule has 1 amide bonds. The number of methoxy groups -OCH3 is 2. The van der Waals surface area contributed by atoms with E-state index in [4.69, 9.17) is 0 Å². The largest absolute Gasteiger partial charge is 0.465 e. The van der Waals surface area contributed by atoms with Gasteiger partial charge in [-0.05, 0) is 36.4 Å². The summed E-state index contributed by atoms with van der Waals surface area (Å²) in [4.78, 5) is 34.1. The molecule has 2 aromatic carbocycles. The van der Waals surface area contributed by atoms with Crippen LogP contribution in [0.3, 0.4) is 0 Å². The molecular weight excluding hydrogens is 457 g/mol. The Morgan fingerprint density at radius 3 is 1.88 bits per heavy atom. The van der Waals surface area contributed by atoms with Crippen molar-refractivity contribution in [1.82, 2.24) is 0 Å². The molecule has 2 aromatic rings. The lowest BCUT2D eigenvalue weighted by Gasteiger charge is -2.17. The fourth-order valence-electron chi connectivity index (χ4n) is 2.58. The molecule has 0 saturated heterocycles. The molecule has 0 aliphatic carbocycles. The molecule has 32 heavy (non-hydrogen) atoms. The number of benzene rings is 2. The van der Waals surface area contributed by atoms with Gasteiger partial charge in [0.15, 0.2) is 0 Å². The van der Waals surface area contributed by atoms with Crippen molar-refractivity contribution in [2.24, 2.45) is 0 Å². The van der Waals surface area contributed by atoms with E-state index in [1.54, 1.807) is 4.72 Å². The number of hydrogen-bond acceptors (Lipinski definition) is 7. The molecule has 2 N–H and O–H groups in total. The van der Waals surface area contributed by atoms with Crippen molar-refractivity contribution < 1.29 is 45.4 Å². The number of nitrogens with one attached hydrogen (secondary N) is 2. The van der Waals surface area contributed by atoms with E-state index < -0.39 is 50.2 Å². The molecule has 0 aromatic heterocycles. The maximum Gasteiger partial charge on any atom is 0.418 e. The molecule has 0 spiro atoms. The lowest BCUT2D eigenvalue weighted by atomic mass is 10.1. The minimum atomic E-state index is -4.97. The molecule has 0 atom stereocenters. The third-order valence-corrected chi connectivity index (χ3v) is 5.29. The minimum Gasteiger partial charge on any atom is -0.465 e. The van der Waals surface area contributed by atoms with E-state index in [1.807, 2.05) is 0 Å². The van der Waals surface area contributed by atoms with Gasteiger partial charge in [-0.15, -0.1) is 0 Å². The Kier molecular flexibility index (Phi) is 7.13. The zero-order valence-corrected chi connectivity index (χ0v) is 17.7. The molecule has 172 valence electrons. The number of sulfonamides is 1. The van der Waals surface area contributed by atoms with E-state index in [2.05, 4.69) is 14.8 Å². The van der Waals surface area contributed by atoms with Gasteiger partial charge in [-0.1, -0.05) is 0 Å². The number of esters is 2. The van der Waals surface area contributed by atoms with Crippen LogP contribution in [0.4, 0.5) is 24.5 Å². The van der Waals surface area contributed by atoms with Crippen molar-refractivity contribution in [3.63, 3.8) is 0 Å². The Bertz CT molecular complexity index is 1140. The fraction of sp³-hybridized carbons (Fsp3) is 0.211. The van der Waals surface area contributed by atoms with Crippen molar-refractivity contribution >= 4 is 39.2 Å². The van der Waals surface area contributed by atoms with Crippen LogP contribution in [0.1, 0.15) is 33.2 Å². The summed E-state index contributed by atoms with van der Waals surface area (Å²) >= 11 is 0. The molecule has 0 bridgehead atoms. The van der Waals surface area contributed by atoms with Crippen LogP contribution in [-0.4, -0.2) is 40.5 Å².